The van der Waals surface area contributed by atoms with Gasteiger partial charge in [-0.1, -0.05) is 17.5 Å². The van der Waals surface area contributed by atoms with Gasteiger partial charge in [0.15, 0.2) is 11.1 Å². The first-order valence-electron chi connectivity index (χ1n) is 5.87. The Kier molecular flexibility index (Phi) is 4.70. The SMILES string of the molecule is Nc1ncn([C@@H]2O[C@H](CO)C(CO)C2(Cl)C#CCl)c(=O)n1. The number of nitrogens with two attached hydrogens (primary N) is 1. The van der Waals surface area contributed by atoms with Gasteiger partial charge in [0.05, 0.1) is 19.3 Å². The van der Waals surface area contributed by atoms with Crippen molar-refractivity contribution in [3.8, 4) is 11.3 Å². The molecule has 2 heterocycles. The number of aliphatic hydroxyl groups is 2. The molecule has 1 aliphatic rings. The molecule has 0 aliphatic carbocycles. The fourth-order valence-corrected chi connectivity index (χ4v) is 2.86. The van der Waals surface area contributed by atoms with Gasteiger partial charge in [0.1, 0.15) is 6.33 Å². The number of nitrogens with zero attached hydrogens (tertiary/aromatic N) is 3. The fourth-order valence-electron chi connectivity index (χ4n) is 2.24. The maximum absolute atomic E-state index is 11.9. The quantitative estimate of drug-likeness (QED) is 0.473. The highest BCUT2D eigenvalue weighted by molar-refractivity contribution is 6.32. The summed E-state index contributed by atoms with van der Waals surface area (Å²) in [4.78, 5) is 17.5. The second-order valence-electron chi connectivity index (χ2n) is 4.39. The second kappa shape index (κ2) is 6.17. The molecule has 0 aromatic carbocycles. The van der Waals surface area contributed by atoms with Crippen LogP contribution in [0.5, 0.6) is 0 Å². The first kappa shape index (κ1) is 16.0. The summed E-state index contributed by atoms with van der Waals surface area (Å²) in [5.74, 6) is 1.56. The van der Waals surface area contributed by atoms with Crippen LogP contribution in [-0.4, -0.2) is 48.9 Å². The van der Waals surface area contributed by atoms with E-state index in [-0.39, 0.29) is 5.95 Å². The Morgan fingerprint density at radius 1 is 1.52 bits per heavy atom. The molecule has 2 unspecified atom stereocenters. The maximum Gasteiger partial charge on any atom is 0.354 e. The van der Waals surface area contributed by atoms with Crippen LogP contribution in [0.4, 0.5) is 5.95 Å². The number of nitrogen functional groups attached to an aromatic ring is 1. The van der Waals surface area contributed by atoms with Crippen LogP contribution in [0.3, 0.4) is 0 Å². The summed E-state index contributed by atoms with van der Waals surface area (Å²) < 4.78 is 6.52. The minimum Gasteiger partial charge on any atom is -0.396 e. The average molecular weight is 335 g/mol. The van der Waals surface area contributed by atoms with E-state index in [1.807, 2.05) is 0 Å². The van der Waals surface area contributed by atoms with Gasteiger partial charge in [0.25, 0.3) is 0 Å². The van der Waals surface area contributed by atoms with Gasteiger partial charge in [0.2, 0.25) is 5.95 Å². The van der Waals surface area contributed by atoms with Crippen molar-refractivity contribution in [1.82, 2.24) is 14.5 Å². The number of ether oxygens (including phenoxy) is 1. The van der Waals surface area contributed by atoms with Crippen molar-refractivity contribution in [2.45, 2.75) is 17.2 Å². The van der Waals surface area contributed by atoms with Gasteiger partial charge in [-0.15, -0.1) is 0 Å². The van der Waals surface area contributed by atoms with E-state index in [0.717, 1.165) is 10.9 Å². The van der Waals surface area contributed by atoms with Crippen molar-refractivity contribution in [1.29, 1.82) is 0 Å². The van der Waals surface area contributed by atoms with Crippen molar-refractivity contribution in [3.05, 3.63) is 16.8 Å². The van der Waals surface area contributed by atoms with Gasteiger partial charge in [-0.25, -0.2) is 9.78 Å². The van der Waals surface area contributed by atoms with Crippen molar-refractivity contribution in [2.24, 2.45) is 5.92 Å². The molecule has 0 amide bonds. The Morgan fingerprint density at radius 3 is 2.76 bits per heavy atom. The summed E-state index contributed by atoms with van der Waals surface area (Å²) in [7, 11) is 0. The Bertz CT molecular complexity index is 643. The fraction of sp³-hybridized carbons (Fsp3) is 0.545. The smallest absolute Gasteiger partial charge is 0.354 e. The maximum atomic E-state index is 11.9. The highest BCUT2D eigenvalue weighted by atomic mass is 35.5. The van der Waals surface area contributed by atoms with E-state index >= 15 is 0 Å². The Morgan fingerprint density at radius 2 is 2.24 bits per heavy atom. The lowest BCUT2D eigenvalue weighted by atomic mass is 9.89. The molecule has 0 radical (unpaired) electrons. The Labute approximate surface area is 129 Å². The largest absolute Gasteiger partial charge is 0.396 e. The number of aliphatic hydroxyl groups excluding tert-OH is 2. The van der Waals surface area contributed by atoms with E-state index in [1.54, 1.807) is 0 Å². The predicted molar refractivity (Wildman–Crippen MR) is 74.5 cm³/mol. The summed E-state index contributed by atoms with van der Waals surface area (Å²) in [6.07, 6.45) is -0.844. The molecule has 0 spiro atoms. The molecule has 0 bridgehead atoms. The van der Waals surface area contributed by atoms with E-state index in [9.17, 15) is 15.0 Å². The van der Waals surface area contributed by atoms with Crippen LogP contribution in [0.15, 0.2) is 11.1 Å². The third-order valence-electron chi connectivity index (χ3n) is 3.27. The van der Waals surface area contributed by atoms with Crippen molar-refractivity contribution < 1.29 is 14.9 Å². The third kappa shape index (κ3) is 2.71. The monoisotopic (exact) mass is 334 g/mol. The van der Waals surface area contributed by atoms with Crippen LogP contribution < -0.4 is 11.4 Å². The van der Waals surface area contributed by atoms with Gasteiger partial charge in [-0.3, -0.25) is 4.57 Å². The van der Waals surface area contributed by atoms with Crippen LogP contribution in [0.1, 0.15) is 6.23 Å². The van der Waals surface area contributed by atoms with E-state index < -0.39 is 42.0 Å². The van der Waals surface area contributed by atoms with Crippen molar-refractivity contribution in [3.63, 3.8) is 0 Å². The van der Waals surface area contributed by atoms with Gasteiger partial charge < -0.3 is 20.7 Å². The zero-order valence-electron chi connectivity index (χ0n) is 10.6. The molecule has 21 heavy (non-hydrogen) atoms. The molecule has 114 valence electrons. The number of hydrogen-bond acceptors (Lipinski definition) is 7. The topological polar surface area (TPSA) is 123 Å². The minimum absolute atomic E-state index is 0.199. The summed E-state index contributed by atoms with van der Waals surface area (Å²) in [6, 6.07) is 0. The molecule has 1 aliphatic heterocycles. The third-order valence-corrected chi connectivity index (χ3v) is 3.92. The molecule has 10 heteroatoms. The summed E-state index contributed by atoms with van der Waals surface area (Å²) in [5, 5.41) is 20.9. The average Bonchev–Trinajstić information content (AvgIpc) is 2.71. The lowest BCUT2D eigenvalue weighted by Gasteiger charge is -2.26. The van der Waals surface area contributed by atoms with Crippen molar-refractivity contribution >= 4 is 29.2 Å². The van der Waals surface area contributed by atoms with Crippen LogP contribution in [0, 0.1) is 17.2 Å². The number of hydrogen-bond donors (Lipinski definition) is 3. The zero-order valence-corrected chi connectivity index (χ0v) is 12.1. The van der Waals surface area contributed by atoms with E-state index in [0.29, 0.717) is 0 Å². The van der Waals surface area contributed by atoms with Gasteiger partial charge in [-0.2, -0.15) is 4.98 Å². The number of halogens is 2. The molecule has 1 aromatic rings. The van der Waals surface area contributed by atoms with Crippen LogP contribution >= 0.6 is 23.2 Å². The van der Waals surface area contributed by atoms with E-state index in [2.05, 4.69) is 21.3 Å². The predicted octanol–water partition coefficient (Wildman–Crippen LogP) is -1.10. The molecule has 4 atom stereocenters. The van der Waals surface area contributed by atoms with Gasteiger partial charge in [-0.05, 0) is 11.6 Å². The number of rotatable bonds is 3. The summed E-state index contributed by atoms with van der Waals surface area (Å²) in [6.45, 7) is -0.827. The molecule has 2 rings (SSSR count). The van der Waals surface area contributed by atoms with Crippen LogP contribution in [0.25, 0.3) is 0 Å². The standard InChI is InChI=1S/C11H12Cl2N4O4/c12-2-1-11(13)6(3-18)7(4-19)21-8(11)17-5-15-9(14)16-10(17)20/h5-8,18-19H,3-4H2,(H2,14,16,20)/t6?,7-,8-,11?/m1/s1. The van der Waals surface area contributed by atoms with Gasteiger partial charge in [0, 0.05) is 11.3 Å². The van der Waals surface area contributed by atoms with E-state index in [4.69, 9.17) is 33.7 Å². The van der Waals surface area contributed by atoms with Crippen molar-refractivity contribution in [2.75, 3.05) is 18.9 Å². The molecule has 8 nitrogen and oxygen atoms in total. The minimum atomic E-state index is -1.52. The first-order valence-corrected chi connectivity index (χ1v) is 6.63. The highest BCUT2D eigenvalue weighted by Crippen LogP contribution is 2.46. The normalized spacial score (nSPS) is 31.7. The van der Waals surface area contributed by atoms with Crippen LogP contribution in [0.2, 0.25) is 0 Å². The number of aromatic nitrogens is 3. The highest BCUT2D eigenvalue weighted by Gasteiger charge is 2.56. The van der Waals surface area contributed by atoms with E-state index in [1.165, 1.54) is 0 Å². The van der Waals surface area contributed by atoms with Crippen LogP contribution in [-0.2, 0) is 4.74 Å². The molecule has 4 N–H and O–H groups in total. The molecule has 1 saturated heterocycles. The molecule has 1 aromatic heterocycles. The number of alkyl halides is 1. The summed E-state index contributed by atoms with van der Waals surface area (Å²) in [5.41, 5.74) is 4.57. The molecular formula is C11H12Cl2N4O4. The molecule has 1 fully saturated rings. The second-order valence-corrected chi connectivity index (χ2v) is 5.20. The van der Waals surface area contributed by atoms with Gasteiger partial charge >= 0.3 is 5.69 Å². The zero-order chi connectivity index (χ0) is 15.6. The first-order chi connectivity index (χ1) is 9.97. The Hall–Kier alpha value is -1.37. The lowest BCUT2D eigenvalue weighted by Crippen LogP contribution is -2.42. The molecule has 0 saturated carbocycles. The molecular weight excluding hydrogens is 323 g/mol. The Balaban J connectivity index is 2.54. The summed E-state index contributed by atoms with van der Waals surface area (Å²) >= 11 is 11.8. The lowest BCUT2D eigenvalue weighted by molar-refractivity contribution is -0.0384. The number of anilines is 1.